The summed E-state index contributed by atoms with van der Waals surface area (Å²) in [7, 11) is 0. The molecule has 0 amide bonds. The Morgan fingerprint density at radius 3 is 2.03 bits per heavy atom. The average Bonchev–Trinajstić information content (AvgIpc) is 2.89. The maximum atomic E-state index is 10.1. The summed E-state index contributed by atoms with van der Waals surface area (Å²) in [6.45, 7) is 17.3. The number of ether oxygens (including phenoxy) is 2. The normalized spacial score (nSPS) is 12.0. The van der Waals surface area contributed by atoms with Crippen LogP contribution in [-0.2, 0) is 4.74 Å². The third-order valence-electron chi connectivity index (χ3n) is 6.13. The fourth-order valence-electron chi connectivity index (χ4n) is 4.14. The average molecular weight is 525 g/mol. The van der Waals surface area contributed by atoms with E-state index >= 15 is 0 Å². The minimum atomic E-state index is -0.0709. The monoisotopic (exact) mass is 524 g/mol. The van der Waals surface area contributed by atoms with Crippen molar-refractivity contribution in [3.8, 4) is 16.9 Å². The molecule has 0 aliphatic carbocycles. The number of rotatable bonds is 15. The molecule has 0 aliphatic rings. The maximum Gasteiger partial charge on any atom is 0.152 e. The van der Waals surface area contributed by atoms with Crippen molar-refractivity contribution in [3.63, 3.8) is 0 Å². The number of benzene rings is 2. The van der Waals surface area contributed by atoms with Gasteiger partial charge >= 0.3 is 0 Å². The molecule has 4 nitrogen and oxygen atoms in total. The first-order valence-corrected chi connectivity index (χ1v) is 14.4. The summed E-state index contributed by atoms with van der Waals surface area (Å²) in [5.41, 5.74) is 5.08. The highest BCUT2D eigenvalue weighted by Crippen LogP contribution is 2.27. The van der Waals surface area contributed by atoms with Crippen molar-refractivity contribution in [2.75, 3.05) is 19.8 Å². The quantitative estimate of drug-likeness (QED) is 0.138. The Morgan fingerprint density at radius 2 is 1.47 bits per heavy atom. The molecular weight excluding hydrogens is 472 g/mol. The Kier molecular flexibility index (Phi) is 17.0. The summed E-state index contributed by atoms with van der Waals surface area (Å²) in [5.74, 6) is 2.51. The SMILES string of the molecule is CC(C)CC(C)C.CCCCOCCOc1ccc(-c2ccc(C)c(/C=C(\CCCC)C(O)=CO)c2)cc1. The van der Waals surface area contributed by atoms with Crippen LogP contribution in [0.5, 0.6) is 5.75 Å². The summed E-state index contributed by atoms with van der Waals surface area (Å²) in [6.07, 6.45) is 9.01. The lowest BCUT2D eigenvalue weighted by Gasteiger charge is -2.11. The molecule has 2 N–H and O–H groups in total. The van der Waals surface area contributed by atoms with Crippen molar-refractivity contribution in [2.45, 2.75) is 87.0 Å². The Balaban J connectivity index is 0.000000905. The van der Waals surface area contributed by atoms with Gasteiger partial charge in [0.25, 0.3) is 0 Å². The van der Waals surface area contributed by atoms with Gasteiger partial charge in [-0.15, -0.1) is 0 Å². The molecule has 4 heteroatoms. The zero-order valence-corrected chi connectivity index (χ0v) is 24.9. The Bertz CT molecular complexity index is 949. The molecule has 0 atom stereocenters. The van der Waals surface area contributed by atoms with Crippen LogP contribution in [0.25, 0.3) is 17.2 Å². The zero-order chi connectivity index (χ0) is 28.3. The predicted octanol–water partition coefficient (Wildman–Crippen LogP) is 10.1. The second-order valence-corrected chi connectivity index (χ2v) is 10.7. The number of aliphatic hydroxyl groups excluding tert-OH is 2. The van der Waals surface area contributed by atoms with Crippen molar-refractivity contribution in [3.05, 3.63) is 71.2 Å². The van der Waals surface area contributed by atoms with Crippen LogP contribution in [0.2, 0.25) is 0 Å². The largest absolute Gasteiger partial charge is 0.512 e. The standard InChI is InChI=1S/C27H36O4.C7H16/c1-4-6-8-24(27(29)20-28)19-25-18-23(10-9-21(25)3)22-11-13-26(14-12-22)31-17-16-30-15-7-5-2;1-6(2)5-7(3)4/h9-14,18-20,28-29H,4-8,15-17H2,1-3H3;6-7H,5H2,1-4H3/b24-19+,27-20?;. The lowest BCUT2D eigenvalue weighted by Crippen LogP contribution is -2.07. The molecule has 0 aliphatic heterocycles. The van der Waals surface area contributed by atoms with E-state index in [0.29, 0.717) is 13.2 Å². The summed E-state index contributed by atoms with van der Waals surface area (Å²) >= 11 is 0. The zero-order valence-electron chi connectivity index (χ0n) is 24.9. The smallest absolute Gasteiger partial charge is 0.152 e. The van der Waals surface area contributed by atoms with Gasteiger partial charge in [0.05, 0.1) is 6.61 Å². The molecular formula is C34H52O4. The van der Waals surface area contributed by atoms with Crippen LogP contribution in [0.15, 0.2) is 60.1 Å². The fourth-order valence-corrected chi connectivity index (χ4v) is 4.14. The van der Waals surface area contributed by atoms with E-state index in [9.17, 15) is 10.2 Å². The van der Waals surface area contributed by atoms with Crippen LogP contribution in [-0.4, -0.2) is 30.0 Å². The minimum Gasteiger partial charge on any atom is -0.512 e. The molecule has 0 unspecified atom stereocenters. The van der Waals surface area contributed by atoms with Gasteiger partial charge in [0, 0.05) is 6.61 Å². The van der Waals surface area contributed by atoms with Gasteiger partial charge in [0.2, 0.25) is 0 Å². The summed E-state index contributed by atoms with van der Waals surface area (Å²) < 4.78 is 11.3. The van der Waals surface area contributed by atoms with Crippen molar-refractivity contribution in [1.29, 1.82) is 0 Å². The van der Waals surface area contributed by atoms with E-state index in [-0.39, 0.29) is 5.76 Å². The van der Waals surface area contributed by atoms with Gasteiger partial charge in [-0.25, -0.2) is 0 Å². The predicted molar refractivity (Wildman–Crippen MR) is 163 cm³/mol. The van der Waals surface area contributed by atoms with Gasteiger partial charge in [-0.05, 0) is 96.5 Å². The van der Waals surface area contributed by atoms with Crippen LogP contribution < -0.4 is 4.74 Å². The second-order valence-electron chi connectivity index (χ2n) is 10.7. The molecule has 38 heavy (non-hydrogen) atoms. The number of unbranched alkanes of at least 4 members (excludes halogenated alkanes) is 2. The van der Waals surface area contributed by atoms with E-state index in [1.165, 1.54) is 6.42 Å². The van der Waals surface area contributed by atoms with Crippen LogP contribution >= 0.6 is 0 Å². The van der Waals surface area contributed by atoms with Crippen molar-refractivity contribution < 1.29 is 19.7 Å². The Hall–Kier alpha value is -2.72. The summed E-state index contributed by atoms with van der Waals surface area (Å²) in [6, 6.07) is 14.3. The lowest BCUT2D eigenvalue weighted by atomic mass is 9.96. The molecule has 0 aromatic heterocycles. The highest BCUT2D eigenvalue weighted by molar-refractivity contribution is 5.71. The maximum absolute atomic E-state index is 10.1. The molecule has 2 aromatic rings. The van der Waals surface area contributed by atoms with Crippen LogP contribution in [0.1, 0.15) is 91.2 Å². The van der Waals surface area contributed by atoms with E-state index in [2.05, 4.69) is 71.9 Å². The number of hydrogen-bond donors (Lipinski definition) is 2. The van der Waals surface area contributed by atoms with Gasteiger partial charge in [-0.2, -0.15) is 0 Å². The van der Waals surface area contributed by atoms with Gasteiger partial charge in [0.15, 0.2) is 5.76 Å². The Morgan fingerprint density at radius 1 is 0.842 bits per heavy atom. The third-order valence-corrected chi connectivity index (χ3v) is 6.13. The first-order valence-electron chi connectivity index (χ1n) is 14.4. The van der Waals surface area contributed by atoms with Crippen LogP contribution in [0.4, 0.5) is 0 Å². The molecule has 0 spiro atoms. The van der Waals surface area contributed by atoms with E-state index in [1.807, 2.05) is 25.1 Å². The molecule has 2 rings (SSSR count). The van der Waals surface area contributed by atoms with Gasteiger partial charge in [-0.3, -0.25) is 0 Å². The highest BCUT2D eigenvalue weighted by atomic mass is 16.5. The van der Waals surface area contributed by atoms with Gasteiger partial charge < -0.3 is 19.7 Å². The van der Waals surface area contributed by atoms with Crippen LogP contribution in [0.3, 0.4) is 0 Å². The van der Waals surface area contributed by atoms with E-state index in [0.717, 1.165) is 90.4 Å². The van der Waals surface area contributed by atoms with E-state index < -0.39 is 0 Å². The fraction of sp³-hybridized carbons (Fsp3) is 0.529. The summed E-state index contributed by atoms with van der Waals surface area (Å²) in [4.78, 5) is 0. The number of aryl methyl sites for hydroxylation is 1. The first-order chi connectivity index (χ1) is 18.2. The summed E-state index contributed by atoms with van der Waals surface area (Å²) in [5, 5.41) is 19.3. The van der Waals surface area contributed by atoms with Gasteiger partial charge in [-0.1, -0.05) is 78.6 Å². The molecule has 212 valence electrons. The van der Waals surface area contributed by atoms with Crippen molar-refractivity contribution in [2.24, 2.45) is 11.8 Å². The van der Waals surface area contributed by atoms with Crippen LogP contribution in [0, 0.1) is 18.8 Å². The Labute approximate surface area is 232 Å². The molecule has 0 bridgehead atoms. The number of allylic oxidation sites excluding steroid dienone is 1. The molecule has 0 radical (unpaired) electrons. The lowest BCUT2D eigenvalue weighted by molar-refractivity contribution is 0.0981. The molecule has 0 saturated carbocycles. The van der Waals surface area contributed by atoms with Crippen molar-refractivity contribution >= 4 is 6.08 Å². The first kappa shape index (κ1) is 33.3. The van der Waals surface area contributed by atoms with E-state index in [1.54, 1.807) is 0 Å². The minimum absolute atomic E-state index is 0.0709. The molecule has 0 saturated heterocycles. The topological polar surface area (TPSA) is 58.9 Å². The number of hydrogen-bond acceptors (Lipinski definition) is 4. The van der Waals surface area contributed by atoms with Crippen molar-refractivity contribution in [1.82, 2.24) is 0 Å². The highest BCUT2D eigenvalue weighted by Gasteiger charge is 2.07. The molecule has 2 aromatic carbocycles. The second kappa shape index (κ2) is 19.4. The molecule has 0 heterocycles. The third kappa shape index (κ3) is 13.7. The van der Waals surface area contributed by atoms with Gasteiger partial charge in [0.1, 0.15) is 18.6 Å². The molecule has 0 fully saturated rings. The van der Waals surface area contributed by atoms with E-state index in [4.69, 9.17) is 9.47 Å². The number of aliphatic hydroxyl groups is 2.